The largest absolute Gasteiger partial charge is 0.481 e. The summed E-state index contributed by atoms with van der Waals surface area (Å²) in [4.78, 5) is 35.3. The summed E-state index contributed by atoms with van der Waals surface area (Å²) in [6.45, 7) is 4.95. The lowest BCUT2D eigenvalue weighted by atomic mass is 10.1. The number of anilines is 1. The maximum atomic E-state index is 12.3. The van der Waals surface area contributed by atoms with Crippen molar-refractivity contribution in [2.24, 2.45) is 0 Å². The summed E-state index contributed by atoms with van der Waals surface area (Å²) in [5.74, 6) is 0.0902. The summed E-state index contributed by atoms with van der Waals surface area (Å²) in [6, 6.07) is 1.74. The van der Waals surface area contributed by atoms with Crippen LogP contribution in [0.3, 0.4) is 0 Å². The number of carbonyl (C=O) groups excluding carboxylic acids is 2. The van der Waals surface area contributed by atoms with E-state index in [0.29, 0.717) is 51.5 Å². The summed E-state index contributed by atoms with van der Waals surface area (Å²) in [6.07, 6.45) is 0. The highest BCUT2D eigenvalue weighted by atomic mass is 32.1. The summed E-state index contributed by atoms with van der Waals surface area (Å²) >= 11 is 1.14. The van der Waals surface area contributed by atoms with Gasteiger partial charge in [-0.05, 0) is 19.9 Å². The van der Waals surface area contributed by atoms with E-state index in [4.69, 9.17) is 10.5 Å². The van der Waals surface area contributed by atoms with Gasteiger partial charge in [0.15, 0.2) is 5.13 Å². The van der Waals surface area contributed by atoms with Crippen molar-refractivity contribution >= 4 is 28.3 Å². The molecule has 1 aliphatic rings. The van der Waals surface area contributed by atoms with Crippen LogP contribution in [-0.2, 0) is 13.1 Å². The maximum absolute atomic E-state index is 12.3. The predicted octanol–water partition coefficient (Wildman–Crippen LogP) is 1.34. The van der Waals surface area contributed by atoms with Crippen LogP contribution < -0.4 is 15.8 Å². The monoisotopic (exact) mass is 361 g/mol. The zero-order valence-corrected chi connectivity index (χ0v) is 15.1. The lowest BCUT2D eigenvalue weighted by Gasteiger charge is -2.10. The van der Waals surface area contributed by atoms with E-state index in [0.717, 1.165) is 11.3 Å². The Morgan fingerprint density at radius 1 is 1.48 bits per heavy atom. The van der Waals surface area contributed by atoms with Crippen LogP contribution in [0.2, 0.25) is 0 Å². The number of nitrogens with zero attached hydrogens (tertiary/aromatic N) is 3. The van der Waals surface area contributed by atoms with Crippen LogP contribution in [0.1, 0.15) is 43.9 Å². The molecule has 0 spiro atoms. The van der Waals surface area contributed by atoms with Gasteiger partial charge in [0.05, 0.1) is 30.6 Å². The number of amides is 2. The topological polar surface area (TPSA) is 110 Å². The third-order valence-electron chi connectivity index (χ3n) is 4.03. The number of rotatable bonds is 5. The lowest BCUT2D eigenvalue weighted by Crippen LogP contribution is -2.24. The average molecular weight is 361 g/mol. The number of methoxy groups -OCH3 is 1. The molecule has 132 valence electrons. The summed E-state index contributed by atoms with van der Waals surface area (Å²) in [5.41, 5.74) is 8.13. The molecule has 0 bridgehead atoms. The molecule has 0 saturated heterocycles. The van der Waals surface area contributed by atoms with E-state index in [1.165, 1.54) is 7.11 Å². The molecular weight excluding hydrogens is 342 g/mol. The number of ether oxygens (including phenoxy) is 1. The number of hydrogen-bond donors (Lipinski definition) is 2. The predicted molar refractivity (Wildman–Crippen MR) is 93.6 cm³/mol. The molecule has 0 aromatic carbocycles. The Labute approximate surface area is 149 Å². The summed E-state index contributed by atoms with van der Waals surface area (Å²) in [5, 5.41) is 3.16. The smallest absolute Gasteiger partial charge is 0.263 e. The van der Waals surface area contributed by atoms with Crippen LogP contribution in [-0.4, -0.2) is 40.3 Å². The van der Waals surface area contributed by atoms with Crippen LogP contribution in [0.4, 0.5) is 5.13 Å². The van der Waals surface area contributed by atoms with Gasteiger partial charge >= 0.3 is 0 Å². The molecule has 0 saturated carbocycles. The minimum Gasteiger partial charge on any atom is -0.481 e. The number of thiazole rings is 1. The molecular formula is C16H19N5O3S. The first kappa shape index (κ1) is 17.2. The third-order valence-corrected chi connectivity index (χ3v) is 5.02. The molecule has 9 heteroatoms. The second-order valence-corrected chi connectivity index (χ2v) is 6.65. The first-order valence-electron chi connectivity index (χ1n) is 7.81. The van der Waals surface area contributed by atoms with E-state index in [1.807, 2.05) is 6.92 Å². The minimum atomic E-state index is -0.268. The van der Waals surface area contributed by atoms with Gasteiger partial charge in [-0.25, -0.2) is 9.97 Å². The van der Waals surface area contributed by atoms with Crippen molar-refractivity contribution in [3.63, 3.8) is 0 Å². The third kappa shape index (κ3) is 3.14. The molecule has 8 nitrogen and oxygen atoms in total. The molecule has 2 amide bonds. The van der Waals surface area contributed by atoms with Gasteiger partial charge in [0.2, 0.25) is 5.88 Å². The number of nitrogen functional groups attached to an aromatic ring is 1. The van der Waals surface area contributed by atoms with Crippen LogP contribution in [0.15, 0.2) is 6.07 Å². The van der Waals surface area contributed by atoms with Gasteiger partial charge in [-0.2, -0.15) is 0 Å². The molecule has 3 N–H and O–H groups in total. The number of fused-ring (bicyclic) bond motifs is 1. The Bertz CT molecular complexity index is 849. The molecule has 3 heterocycles. The Balaban J connectivity index is 1.81. The normalized spacial score (nSPS) is 13.1. The van der Waals surface area contributed by atoms with Crippen molar-refractivity contribution in [2.45, 2.75) is 26.9 Å². The maximum Gasteiger partial charge on any atom is 0.263 e. The van der Waals surface area contributed by atoms with E-state index in [9.17, 15) is 9.59 Å². The fraction of sp³-hybridized carbons (Fsp3) is 0.375. The highest BCUT2D eigenvalue weighted by molar-refractivity contribution is 7.17. The van der Waals surface area contributed by atoms with E-state index in [1.54, 1.807) is 17.9 Å². The molecule has 0 radical (unpaired) electrons. The van der Waals surface area contributed by atoms with Gasteiger partial charge in [-0.1, -0.05) is 11.3 Å². The molecule has 0 atom stereocenters. The van der Waals surface area contributed by atoms with Crippen molar-refractivity contribution in [1.29, 1.82) is 0 Å². The molecule has 1 aliphatic heterocycles. The molecule has 2 aromatic heterocycles. The fourth-order valence-electron chi connectivity index (χ4n) is 2.75. The number of pyridine rings is 1. The van der Waals surface area contributed by atoms with E-state index >= 15 is 0 Å². The first-order valence-corrected chi connectivity index (χ1v) is 8.63. The highest BCUT2D eigenvalue weighted by Crippen LogP contribution is 2.27. The zero-order chi connectivity index (χ0) is 18.1. The Hall–Kier alpha value is -2.68. The van der Waals surface area contributed by atoms with Crippen LogP contribution in [0, 0.1) is 6.92 Å². The van der Waals surface area contributed by atoms with Gasteiger partial charge < -0.3 is 20.7 Å². The van der Waals surface area contributed by atoms with E-state index in [2.05, 4.69) is 15.3 Å². The van der Waals surface area contributed by atoms with Crippen LogP contribution in [0.5, 0.6) is 5.88 Å². The second-order valence-electron chi connectivity index (χ2n) is 5.62. The summed E-state index contributed by atoms with van der Waals surface area (Å²) < 4.78 is 5.32. The van der Waals surface area contributed by atoms with Crippen molar-refractivity contribution in [3.05, 3.63) is 33.5 Å². The van der Waals surface area contributed by atoms with Crippen molar-refractivity contribution in [2.75, 3.05) is 19.4 Å². The Morgan fingerprint density at radius 2 is 2.24 bits per heavy atom. The molecule has 3 rings (SSSR count). The SMILES string of the molecule is CCN1Cc2nc(OC)c(CNC(=O)c3sc(N)nc3C)cc2C1=O. The van der Waals surface area contributed by atoms with E-state index < -0.39 is 0 Å². The van der Waals surface area contributed by atoms with Gasteiger partial charge in [-0.15, -0.1) is 0 Å². The number of aromatic nitrogens is 2. The van der Waals surface area contributed by atoms with Crippen molar-refractivity contribution in [3.8, 4) is 5.88 Å². The molecule has 25 heavy (non-hydrogen) atoms. The zero-order valence-electron chi connectivity index (χ0n) is 14.3. The van der Waals surface area contributed by atoms with Gasteiger partial charge in [0, 0.05) is 18.7 Å². The molecule has 2 aromatic rings. The lowest BCUT2D eigenvalue weighted by molar-refractivity contribution is 0.0786. The quantitative estimate of drug-likeness (QED) is 0.831. The molecule has 0 fully saturated rings. The van der Waals surface area contributed by atoms with Crippen molar-refractivity contribution < 1.29 is 14.3 Å². The van der Waals surface area contributed by atoms with Gasteiger partial charge in [0.25, 0.3) is 11.8 Å². The second kappa shape index (κ2) is 6.67. The first-order chi connectivity index (χ1) is 11.9. The fourth-order valence-corrected chi connectivity index (χ4v) is 3.49. The Morgan fingerprint density at radius 3 is 2.84 bits per heavy atom. The average Bonchev–Trinajstić information content (AvgIpc) is 3.10. The van der Waals surface area contributed by atoms with E-state index in [-0.39, 0.29) is 18.4 Å². The Kier molecular flexibility index (Phi) is 4.58. The van der Waals surface area contributed by atoms with Gasteiger partial charge in [0.1, 0.15) is 4.88 Å². The molecule has 0 unspecified atom stereocenters. The number of nitrogens with two attached hydrogens (primary N) is 1. The van der Waals surface area contributed by atoms with Crippen LogP contribution in [0.25, 0.3) is 0 Å². The number of aryl methyl sites for hydroxylation is 1. The summed E-state index contributed by atoms with van der Waals surface area (Å²) in [7, 11) is 1.52. The minimum absolute atomic E-state index is 0.0497. The van der Waals surface area contributed by atoms with Crippen molar-refractivity contribution in [1.82, 2.24) is 20.2 Å². The van der Waals surface area contributed by atoms with Crippen LogP contribution >= 0.6 is 11.3 Å². The molecule has 0 aliphatic carbocycles. The standard InChI is InChI=1S/C16H19N5O3S/c1-4-21-7-11-10(15(21)23)5-9(14(20-11)24-3)6-18-13(22)12-8(2)19-16(17)25-12/h5H,4,6-7H2,1-3H3,(H2,17,19)(H,18,22). The number of hydrogen-bond acceptors (Lipinski definition) is 7. The highest BCUT2D eigenvalue weighted by Gasteiger charge is 2.29. The van der Waals surface area contributed by atoms with Gasteiger partial charge in [-0.3, -0.25) is 9.59 Å². The number of nitrogens with one attached hydrogen (secondary N) is 1. The number of carbonyl (C=O) groups is 2.